The van der Waals surface area contributed by atoms with Gasteiger partial charge in [-0.2, -0.15) is 26.3 Å². The van der Waals surface area contributed by atoms with Crippen LogP contribution >= 0.6 is 0 Å². The van der Waals surface area contributed by atoms with Crippen molar-refractivity contribution in [3.8, 4) is 0 Å². The predicted molar refractivity (Wildman–Crippen MR) is 70.1 cm³/mol. The Bertz CT molecular complexity index is 570. The SMILES string of the molecule is O=C(CC(c1ccccc1)C(F)(F)F)NC(CC(F)(F)F)C(=O)O. The summed E-state index contributed by atoms with van der Waals surface area (Å²) < 4.78 is 75.9. The first kappa shape index (κ1) is 19.8. The number of benzene rings is 1. The van der Waals surface area contributed by atoms with Crippen LogP contribution in [0.5, 0.6) is 0 Å². The maximum absolute atomic E-state index is 13.1. The summed E-state index contributed by atoms with van der Waals surface area (Å²) >= 11 is 0. The van der Waals surface area contributed by atoms with Crippen LogP contribution in [0, 0.1) is 0 Å². The summed E-state index contributed by atoms with van der Waals surface area (Å²) in [5.41, 5.74) is -0.247. The number of rotatable bonds is 6. The molecule has 2 atom stereocenters. The van der Waals surface area contributed by atoms with Crippen molar-refractivity contribution in [3.05, 3.63) is 35.9 Å². The second-order valence-corrected chi connectivity index (χ2v) is 4.99. The molecule has 0 aromatic heterocycles. The van der Waals surface area contributed by atoms with Crippen molar-refractivity contribution in [2.75, 3.05) is 0 Å². The molecule has 134 valence electrons. The van der Waals surface area contributed by atoms with Crippen molar-refractivity contribution in [2.24, 2.45) is 0 Å². The molecular weight excluding hydrogens is 344 g/mol. The van der Waals surface area contributed by atoms with E-state index in [4.69, 9.17) is 5.11 Å². The molecule has 2 N–H and O–H groups in total. The van der Waals surface area contributed by atoms with Gasteiger partial charge in [0.05, 0.1) is 12.3 Å². The van der Waals surface area contributed by atoms with Gasteiger partial charge < -0.3 is 10.4 Å². The molecule has 0 spiro atoms. The third kappa shape index (κ3) is 6.47. The van der Waals surface area contributed by atoms with Crippen LogP contribution in [-0.2, 0) is 9.59 Å². The van der Waals surface area contributed by atoms with E-state index in [1.807, 2.05) is 0 Å². The molecule has 1 aromatic rings. The molecule has 0 radical (unpaired) electrons. The Kier molecular flexibility index (Phi) is 6.22. The smallest absolute Gasteiger partial charge is 0.396 e. The molecular formula is C14H13F6NO3. The summed E-state index contributed by atoms with van der Waals surface area (Å²) in [6.07, 6.45) is -12.8. The largest absolute Gasteiger partial charge is 0.480 e. The van der Waals surface area contributed by atoms with E-state index in [-0.39, 0.29) is 5.56 Å². The minimum atomic E-state index is -4.89. The molecule has 10 heteroatoms. The minimum absolute atomic E-state index is 0.247. The highest BCUT2D eigenvalue weighted by molar-refractivity contribution is 5.84. The minimum Gasteiger partial charge on any atom is -0.480 e. The lowest BCUT2D eigenvalue weighted by molar-refractivity contribution is -0.163. The van der Waals surface area contributed by atoms with Gasteiger partial charge in [0.2, 0.25) is 5.91 Å². The molecule has 1 rings (SSSR count). The van der Waals surface area contributed by atoms with Crippen LogP contribution in [-0.4, -0.2) is 35.4 Å². The van der Waals surface area contributed by atoms with E-state index >= 15 is 0 Å². The number of carboxylic acid groups (broad SMARTS) is 1. The van der Waals surface area contributed by atoms with Gasteiger partial charge in [0.15, 0.2) is 0 Å². The van der Waals surface area contributed by atoms with Crippen LogP contribution in [0.3, 0.4) is 0 Å². The number of carbonyl (C=O) groups is 2. The molecule has 0 heterocycles. The van der Waals surface area contributed by atoms with Crippen LogP contribution in [0.25, 0.3) is 0 Å². The number of carboxylic acids is 1. The average Bonchev–Trinajstić information content (AvgIpc) is 2.42. The maximum atomic E-state index is 13.1. The van der Waals surface area contributed by atoms with E-state index in [2.05, 4.69) is 0 Å². The Morgan fingerprint density at radius 3 is 2.00 bits per heavy atom. The number of aliphatic carboxylic acids is 1. The summed E-state index contributed by atoms with van der Waals surface area (Å²) in [4.78, 5) is 22.4. The number of hydrogen-bond donors (Lipinski definition) is 2. The van der Waals surface area contributed by atoms with Gasteiger partial charge in [-0.15, -0.1) is 0 Å². The molecule has 1 aromatic carbocycles. The van der Waals surface area contributed by atoms with E-state index in [0.29, 0.717) is 0 Å². The fourth-order valence-corrected chi connectivity index (χ4v) is 1.98. The first-order valence-electron chi connectivity index (χ1n) is 6.60. The second kappa shape index (κ2) is 7.54. The van der Waals surface area contributed by atoms with Crippen LogP contribution in [0.4, 0.5) is 26.3 Å². The number of alkyl halides is 6. The lowest BCUT2D eigenvalue weighted by atomic mass is 9.94. The first-order valence-corrected chi connectivity index (χ1v) is 6.60. The Hall–Kier alpha value is -2.26. The van der Waals surface area contributed by atoms with Gasteiger partial charge in [-0.3, -0.25) is 4.79 Å². The molecule has 0 aliphatic heterocycles. The van der Waals surface area contributed by atoms with Crippen molar-refractivity contribution in [3.63, 3.8) is 0 Å². The van der Waals surface area contributed by atoms with Crippen molar-refractivity contribution in [1.82, 2.24) is 5.32 Å². The van der Waals surface area contributed by atoms with Crippen LogP contribution in [0.1, 0.15) is 24.3 Å². The fourth-order valence-electron chi connectivity index (χ4n) is 1.98. The highest BCUT2D eigenvalue weighted by atomic mass is 19.4. The zero-order valence-corrected chi connectivity index (χ0v) is 12.0. The average molecular weight is 357 g/mol. The topological polar surface area (TPSA) is 66.4 Å². The second-order valence-electron chi connectivity index (χ2n) is 4.99. The third-order valence-corrected chi connectivity index (χ3v) is 3.06. The number of hydrogen-bond acceptors (Lipinski definition) is 2. The number of amides is 1. The van der Waals surface area contributed by atoms with Gasteiger partial charge in [-0.25, -0.2) is 4.79 Å². The first-order chi connectivity index (χ1) is 10.9. The van der Waals surface area contributed by atoms with E-state index in [1.54, 1.807) is 0 Å². The van der Waals surface area contributed by atoms with Gasteiger partial charge in [0, 0.05) is 6.42 Å². The maximum Gasteiger partial charge on any atom is 0.396 e. The van der Waals surface area contributed by atoms with Crippen molar-refractivity contribution >= 4 is 11.9 Å². The Morgan fingerprint density at radius 1 is 1.04 bits per heavy atom. The molecule has 4 nitrogen and oxygen atoms in total. The van der Waals surface area contributed by atoms with Crippen LogP contribution < -0.4 is 5.32 Å². The van der Waals surface area contributed by atoms with Gasteiger partial charge in [0.25, 0.3) is 0 Å². The van der Waals surface area contributed by atoms with Crippen LogP contribution in [0.2, 0.25) is 0 Å². The number of nitrogens with one attached hydrogen (secondary N) is 1. The van der Waals surface area contributed by atoms with E-state index in [0.717, 1.165) is 12.1 Å². The Morgan fingerprint density at radius 2 is 1.58 bits per heavy atom. The summed E-state index contributed by atoms with van der Waals surface area (Å²) in [5.74, 6) is -5.67. The number of halogens is 6. The summed E-state index contributed by atoms with van der Waals surface area (Å²) in [6.45, 7) is 0. The highest BCUT2D eigenvalue weighted by Crippen LogP contribution is 2.37. The molecule has 0 saturated carbocycles. The lowest BCUT2D eigenvalue weighted by Crippen LogP contribution is -2.44. The Balaban J connectivity index is 2.87. The van der Waals surface area contributed by atoms with Gasteiger partial charge in [-0.1, -0.05) is 30.3 Å². The molecule has 0 bridgehead atoms. The van der Waals surface area contributed by atoms with E-state index in [9.17, 15) is 35.9 Å². The van der Waals surface area contributed by atoms with Gasteiger partial charge in [-0.05, 0) is 5.56 Å². The number of carbonyl (C=O) groups excluding carboxylic acids is 1. The van der Waals surface area contributed by atoms with E-state index in [1.165, 1.54) is 23.5 Å². The Labute approximate surface area is 132 Å². The standard InChI is InChI=1S/C14H13F6NO3/c15-13(16,17)7-10(12(23)24)21-11(22)6-9(14(18,19)20)8-4-2-1-3-5-8/h1-5,9-10H,6-7H2,(H,21,22)(H,23,24). The van der Waals surface area contributed by atoms with Crippen LogP contribution in [0.15, 0.2) is 30.3 Å². The van der Waals surface area contributed by atoms with Gasteiger partial charge >= 0.3 is 18.3 Å². The van der Waals surface area contributed by atoms with Gasteiger partial charge in [0.1, 0.15) is 6.04 Å². The monoisotopic (exact) mass is 357 g/mol. The molecule has 0 aliphatic carbocycles. The molecule has 0 saturated heterocycles. The zero-order valence-electron chi connectivity index (χ0n) is 12.0. The molecule has 0 fully saturated rings. The van der Waals surface area contributed by atoms with Crippen molar-refractivity contribution in [1.29, 1.82) is 0 Å². The summed E-state index contributed by atoms with van der Waals surface area (Å²) in [5, 5.41) is 10.1. The highest BCUT2D eigenvalue weighted by Gasteiger charge is 2.43. The molecule has 1 amide bonds. The lowest BCUT2D eigenvalue weighted by Gasteiger charge is -2.22. The third-order valence-electron chi connectivity index (χ3n) is 3.06. The molecule has 2 unspecified atom stereocenters. The fraction of sp³-hybridized carbons (Fsp3) is 0.429. The quantitative estimate of drug-likeness (QED) is 0.768. The normalized spacial score (nSPS) is 14.8. The molecule has 24 heavy (non-hydrogen) atoms. The zero-order chi connectivity index (χ0) is 18.5. The van der Waals surface area contributed by atoms with Crippen molar-refractivity contribution < 1.29 is 41.0 Å². The van der Waals surface area contributed by atoms with E-state index < -0.39 is 49.0 Å². The van der Waals surface area contributed by atoms with Crippen molar-refractivity contribution in [2.45, 2.75) is 37.2 Å². The predicted octanol–water partition coefficient (Wildman–Crippen LogP) is 3.24. The summed E-state index contributed by atoms with van der Waals surface area (Å²) in [7, 11) is 0. The summed E-state index contributed by atoms with van der Waals surface area (Å²) in [6, 6.07) is 3.99. The molecule has 0 aliphatic rings.